The van der Waals surface area contributed by atoms with Gasteiger partial charge in [-0.05, 0) is 31.4 Å². The van der Waals surface area contributed by atoms with Gasteiger partial charge in [-0.25, -0.2) is 4.79 Å². The van der Waals surface area contributed by atoms with Gasteiger partial charge in [0.25, 0.3) is 0 Å². The molecule has 1 fully saturated rings. The Morgan fingerprint density at radius 2 is 2.05 bits per heavy atom. The molecule has 0 aliphatic heterocycles. The fourth-order valence-electron chi connectivity index (χ4n) is 2.42. The predicted octanol–water partition coefficient (Wildman–Crippen LogP) is 2.46. The van der Waals surface area contributed by atoms with Gasteiger partial charge in [0.05, 0.1) is 11.8 Å². The summed E-state index contributed by atoms with van der Waals surface area (Å²) in [6, 6.07) is 3.59. The summed E-state index contributed by atoms with van der Waals surface area (Å²) in [7, 11) is 1.71. The van der Waals surface area contributed by atoms with Crippen molar-refractivity contribution in [2.75, 3.05) is 12.4 Å². The van der Waals surface area contributed by atoms with Crippen LogP contribution in [0.25, 0.3) is 0 Å². The molecule has 2 atom stereocenters. The van der Waals surface area contributed by atoms with Gasteiger partial charge < -0.3 is 10.1 Å². The molecule has 2 N–H and O–H groups in total. The van der Waals surface area contributed by atoms with Gasteiger partial charge in [-0.3, -0.25) is 5.32 Å². The van der Waals surface area contributed by atoms with Gasteiger partial charge >= 0.3 is 6.03 Å². The third-order valence-electron chi connectivity index (χ3n) is 3.73. The second-order valence-corrected chi connectivity index (χ2v) is 6.52. The lowest BCUT2D eigenvalue weighted by Gasteiger charge is -2.17. The van der Waals surface area contributed by atoms with E-state index in [1.54, 1.807) is 13.2 Å². The molecule has 116 valence electrons. The molecule has 0 saturated heterocycles. The highest BCUT2D eigenvalue weighted by molar-refractivity contribution is 5.88. The monoisotopic (exact) mass is 292 g/mol. The summed E-state index contributed by atoms with van der Waals surface area (Å²) in [5, 5.41) is 13.8. The molecule has 0 spiro atoms. The number of ether oxygens (including phenoxy) is 1. The molecule has 2 amide bonds. The zero-order valence-electron chi connectivity index (χ0n) is 13.1. The van der Waals surface area contributed by atoms with E-state index in [1.807, 2.05) is 6.07 Å². The SMILES string of the molecule is CO[C@@H]1CC[C@@H](NC(=O)Nc2ccc(C(C)(C)C)nn2)C1. The molecule has 1 aromatic rings. The highest BCUT2D eigenvalue weighted by Gasteiger charge is 2.25. The molecule has 6 nitrogen and oxygen atoms in total. The van der Waals surface area contributed by atoms with E-state index in [2.05, 4.69) is 41.6 Å². The van der Waals surface area contributed by atoms with Crippen molar-refractivity contribution >= 4 is 11.8 Å². The Labute approximate surface area is 125 Å². The van der Waals surface area contributed by atoms with Gasteiger partial charge in [-0.15, -0.1) is 5.10 Å². The fraction of sp³-hybridized carbons (Fsp3) is 0.667. The minimum Gasteiger partial charge on any atom is -0.381 e. The van der Waals surface area contributed by atoms with Gasteiger partial charge in [0, 0.05) is 18.6 Å². The first-order chi connectivity index (χ1) is 9.88. The maximum absolute atomic E-state index is 11.9. The van der Waals surface area contributed by atoms with Crippen LogP contribution in [0.15, 0.2) is 12.1 Å². The zero-order valence-corrected chi connectivity index (χ0v) is 13.1. The van der Waals surface area contributed by atoms with Crippen molar-refractivity contribution < 1.29 is 9.53 Å². The van der Waals surface area contributed by atoms with E-state index in [0.717, 1.165) is 25.0 Å². The van der Waals surface area contributed by atoms with Gasteiger partial charge in [0.1, 0.15) is 0 Å². The molecule has 1 aliphatic carbocycles. The van der Waals surface area contributed by atoms with Crippen LogP contribution in [0.3, 0.4) is 0 Å². The van der Waals surface area contributed by atoms with E-state index in [9.17, 15) is 4.79 Å². The van der Waals surface area contributed by atoms with Crippen LogP contribution in [0.4, 0.5) is 10.6 Å². The molecule has 1 saturated carbocycles. The summed E-state index contributed by atoms with van der Waals surface area (Å²) in [5.41, 5.74) is 0.847. The highest BCUT2D eigenvalue weighted by Crippen LogP contribution is 2.22. The number of urea groups is 1. The van der Waals surface area contributed by atoms with E-state index >= 15 is 0 Å². The number of carbonyl (C=O) groups excluding carboxylic acids is 1. The van der Waals surface area contributed by atoms with Crippen molar-refractivity contribution in [3.8, 4) is 0 Å². The van der Waals surface area contributed by atoms with Gasteiger partial charge in [0.2, 0.25) is 0 Å². The lowest BCUT2D eigenvalue weighted by molar-refractivity contribution is 0.107. The van der Waals surface area contributed by atoms with Crippen molar-refractivity contribution in [2.45, 2.75) is 57.6 Å². The number of aromatic nitrogens is 2. The maximum atomic E-state index is 11.9. The van der Waals surface area contributed by atoms with Crippen LogP contribution in [-0.4, -0.2) is 35.5 Å². The summed E-state index contributed by atoms with van der Waals surface area (Å²) >= 11 is 0. The third kappa shape index (κ3) is 4.39. The summed E-state index contributed by atoms with van der Waals surface area (Å²) in [5.74, 6) is 0.460. The topological polar surface area (TPSA) is 76.1 Å². The van der Waals surface area contributed by atoms with Gasteiger partial charge in [-0.2, -0.15) is 5.10 Å². The second kappa shape index (κ2) is 6.39. The van der Waals surface area contributed by atoms with Crippen molar-refractivity contribution in [3.05, 3.63) is 17.8 Å². The predicted molar refractivity (Wildman–Crippen MR) is 81.3 cm³/mol. The molecular weight excluding hydrogens is 268 g/mol. The molecule has 0 unspecified atom stereocenters. The Hall–Kier alpha value is -1.69. The van der Waals surface area contributed by atoms with Gasteiger partial charge in [0.15, 0.2) is 5.82 Å². The molecule has 2 rings (SSSR count). The number of methoxy groups -OCH3 is 1. The zero-order chi connectivity index (χ0) is 15.5. The standard InChI is InChI=1S/C15H24N4O2/c1-15(2,3)12-7-8-13(19-18-12)17-14(20)16-10-5-6-11(9-10)21-4/h7-8,10-11H,5-6,9H2,1-4H3,(H2,16,17,19,20)/t10-,11-/m1/s1. The first kappa shape index (κ1) is 15.7. The van der Waals surface area contributed by atoms with E-state index in [0.29, 0.717) is 5.82 Å². The molecule has 0 aromatic carbocycles. The average molecular weight is 292 g/mol. The first-order valence-corrected chi connectivity index (χ1v) is 7.33. The van der Waals surface area contributed by atoms with Crippen LogP contribution in [0.2, 0.25) is 0 Å². The van der Waals surface area contributed by atoms with E-state index in [-0.39, 0.29) is 23.6 Å². The number of nitrogens with one attached hydrogen (secondary N) is 2. The maximum Gasteiger partial charge on any atom is 0.320 e. The largest absolute Gasteiger partial charge is 0.381 e. The van der Waals surface area contributed by atoms with E-state index in [4.69, 9.17) is 4.74 Å². The highest BCUT2D eigenvalue weighted by atomic mass is 16.5. The van der Waals surface area contributed by atoms with Gasteiger partial charge in [-0.1, -0.05) is 20.8 Å². The number of anilines is 1. The lowest BCUT2D eigenvalue weighted by Crippen LogP contribution is -2.37. The Kier molecular flexibility index (Phi) is 4.77. The molecular formula is C15H24N4O2. The second-order valence-electron chi connectivity index (χ2n) is 6.52. The molecule has 0 radical (unpaired) electrons. The first-order valence-electron chi connectivity index (χ1n) is 7.33. The van der Waals surface area contributed by atoms with Crippen LogP contribution >= 0.6 is 0 Å². The average Bonchev–Trinajstić information content (AvgIpc) is 2.85. The minimum atomic E-state index is -0.241. The Bertz CT molecular complexity index is 481. The molecule has 1 aliphatic rings. The number of carbonyl (C=O) groups is 1. The molecule has 1 aromatic heterocycles. The van der Waals surface area contributed by atoms with E-state index in [1.165, 1.54) is 0 Å². The van der Waals surface area contributed by atoms with Crippen LogP contribution in [0.1, 0.15) is 45.7 Å². The Balaban J connectivity index is 1.85. The van der Waals surface area contributed by atoms with Crippen LogP contribution in [-0.2, 0) is 10.2 Å². The molecule has 21 heavy (non-hydrogen) atoms. The van der Waals surface area contributed by atoms with Crippen molar-refractivity contribution in [1.29, 1.82) is 0 Å². The summed E-state index contributed by atoms with van der Waals surface area (Å²) in [6.45, 7) is 6.22. The summed E-state index contributed by atoms with van der Waals surface area (Å²) in [4.78, 5) is 11.9. The fourth-order valence-corrected chi connectivity index (χ4v) is 2.42. The van der Waals surface area contributed by atoms with Crippen molar-refractivity contribution in [3.63, 3.8) is 0 Å². The molecule has 1 heterocycles. The number of nitrogens with zero attached hydrogens (tertiary/aromatic N) is 2. The smallest absolute Gasteiger partial charge is 0.320 e. The number of amides is 2. The van der Waals surface area contributed by atoms with Crippen LogP contribution in [0.5, 0.6) is 0 Å². The molecule has 0 bridgehead atoms. The quantitative estimate of drug-likeness (QED) is 0.897. The Morgan fingerprint density at radius 1 is 1.29 bits per heavy atom. The Morgan fingerprint density at radius 3 is 2.57 bits per heavy atom. The third-order valence-corrected chi connectivity index (χ3v) is 3.73. The lowest BCUT2D eigenvalue weighted by atomic mass is 9.92. The van der Waals surface area contributed by atoms with Crippen LogP contribution in [0, 0.1) is 0 Å². The summed E-state index contributed by atoms with van der Waals surface area (Å²) in [6.07, 6.45) is 3.04. The number of hydrogen-bond donors (Lipinski definition) is 2. The summed E-state index contributed by atoms with van der Waals surface area (Å²) < 4.78 is 5.29. The normalized spacial score (nSPS) is 22.1. The minimum absolute atomic E-state index is 0.0488. The van der Waals surface area contributed by atoms with Crippen molar-refractivity contribution in [2.24, 2.45) is 0 Å². The number of rotatable bonds is 3. The number of hydrogen-bond acceptors (Lipinski definition) is 4. The van der Waals surface area contributed by atoms with E-state index < -0.39 is 0 Å². The molecule has 6 heteroatoms. The van der Waals surface area contributed by atoms with Crippen LogP contribution < -0.4 is 10.6 Å². The van der Waals surface area contributed by atoms with Crippen molar-refractivity contribution in [1.82, 2.24) is 15.5 Å².